The molecule has 3 aromatic rings. The first-order chi connectivity index (χ1) is 8.15. The van der Waals surface area contributed by atoms with Gasteiger partial charge in [-0.1, -0.05) is 22.8 Å². The van der Waals surface area contributed by atoms with Crippen molar-refractivity contribution < 1.29 is 4.52 Å². The monoisotopic (exact) mass is 247 g/mol. The van der Waals surface area contributed by atoms with Gasteiger partial charge in [0.25, 0.3) is 0 Å². The van der Waals surface area contributed by atoms with Crippen LogP contribution in [-0.4, -0.2) is 9.72 Å². The average molecular weight is 248 g/mol. The zero-order chi connectivity index (χ0) is 12.0. The second-order valence-electron chi connectivity index (χ2n) is 3.93. The minimum Gasteiger partial charge on any atom is -0.381 e. The molecule has 0 bridgehead atoms. The van der Waals surface area contributed by atoms with E-state index in [1.807, 2.05) is 36.0 Å². The predicted molar refractivity (Wildman–Crippen MR) is 67.8 cm³/mol. The summed E-state index contributed by atoms with van der Waals surface area (Å²) in [5.74, 6) is 1.04. The molecule has 0 saturated heterocycles. The van der Waals surface area contributed by atoms with Gasteiger partial charge in [-0.3, -0.25) is 0 Å². The van der Waals surface area contributed by atoms with Crippen molar-refractivity contribution in [1.29, 1.82) is 0 Å². The van der Waals surface area contributed by atoms with Gasteiger partial charge in [0.1, 0.15) is 0 Å². The summed E-state index contributed by atoms with van der Waals surface area (Å²) in [5.41, 5.74) is 7.56. The highest BCUT2D eigenvalue weighted by molar-refractivity contribution is 6.31. The molecule has 4 nitrogen and oxygen atoms in total. The number of nitrogens with two attached hydrogens (primary N) is 1. The van der Waals surface area contributed by atoms with E-state index in [9.17, 15) is 0 Å². The standard InChI is InChI=1S/C12H10ClN3O/c1-16-6-9(11-5-12(14)15-17-11)8-3-2-7(13)4-10(8)16/h2-6H,1H3,(H2,14,15). The van der Waals surface area contributed by atoms with Crippen LogP contribution in [0.2, 0.25) is 5.02 Å². The first-order valence-electron chi connectivity index (χ1n) is 5.12. The number of anilines is 1. The Hall–Kier alpha value is -1.94. The Bertz CT molecular complexity index is 699. The molecule has 2 aromatic heterocycles. The lowest BCUT2D eigenvalue weighted by atomic mass is 10.1. The first-order valence-corrected chi connectivity index (χ1v) is 5.50. The third-order valence-corrected chi connectivity index (χ3v) is 2.98. The van der Waals surface area contributed by atoms with Gasteiger partial charge in [0, 0.05) is 40.8 Å². The molecule has 0 radical (unpaired) electrons. The van der Waals surface area contributed by atoms with E-state index in [0.717, 1.165) is 16.5 Å². The van der Waals surface area contributed by atoms with Crippen molar-refractivity contribution in [1.82, 2.24) is 9.72 Å². The molecule has 0 atom stereocenters. The molecule has 17 heavy (non-hydrogen) atoms. The first kappa shape index (κ1) is 10.2. The van der Waals surface area contributed by atoms with E-state index < -0.39 is 0 Å². The Labute approximate surface area is 103 Å². The van der Waals surface area contributed by atoms with Crippen LogP contribution in [0, 0.1) is 0 Å². The number of halogens is 1. The van der Waals surface area contributed by atoms with Gasteiger partial charge in [0.15, 0.2) is 11.6 Å². The number of hydrogen-bond acceptors (Lipinski definition) is 3. The van der Waals surface area contributed by atoms with Crippen molar-refractivity contribution in [2.75, 3.05) is 5.73 Å². The quantitative estimate of drug-likeness (QED) is 0.719. The fraction of sp³-hybridized carbons (Fsp3) is 0.0833. The van der Waals surface area contributed by atoms with Crippen molar-refractivity contribution in [2.24, 2.45) is 7.05 Å². The van der Waals surface area contributed by atoms with Crippen LogP contribution in [0.1, 0.15) is 0 Å². The number of nitrogen functional groups attached to an aromatic ring is 1. The number of fused-ring (bicyclic) bond motifs is 1. The Morgan fingerprint density at radius 2 is 2.18 bits per heavy atom. The maximum absolute atomic E-state index is 5.98. The van der Waals surface area contributed by atoms with Crippen LogP contribution in [0.4, 0.5) is 5.82 Å². The molecule has 2 heterocycles. The third-order valence-electron chi connectivity index (χ3n) is 2.75. The van der Waals surface area contributed by atoms with Crippen molar-refractivity contribution >= 4 is 28.3 Å². The Morgan fingerprint density at radius 3 is 2.88 bits per heavy atom. The Kier molecular flexibility index (Phi) is 2.12. The summed E-state index contributed by atoms with van der Waals surface area (Å²) in [6.45, 7) is 0. The van der Waals surface area contributed by atoms with Crippen LogP contribution in [-0.2, 0) is 7.05 Å². The van der Waals surface area contributed by atoms with Gasteiger partial charge in [-0.15, -0.1) is 0 Å². The highest BCUT2D eigenvalue weighted by Crippen LogP contribution is 2.32. The molecule has 0 aliphatic heterocycles. The number of benzene rings is 1. The van der Waals surface area contributed by atoms with Crippen molar-refractivity contribution in [3.05, 3.63) is 35.5 Å². The summed E-state index contributed by atoms with van der Waals surface area (Å²) >= 11 is 5.98. The highest BCUT2D eigenvalue weighted by Gasteiger charge is 2.12. The van der Waals surface area contributed by atoms with Crippen LogP contribution in [0.3, 0.4) is 0 Å². The van der Waals surface area contributed by atoms with Gasteiger partial charge in [0.2, 0.25) is 0 Å². The largest absolute Gasteiger partial charge is 0.381 e. The number of aromatic nitrogens is 2. The minimum absolute atomic E-state index is 0.381. The van der Waals surface area contributed by atoms with Gasteiger partial charge < -0.3 is 14.8 Å². The maximum Gasteiger partial charge on any atom is 0.171 e. The molecular weight excluding hydrogens is 238 g/mol. The molecular formula is C12H10ClN3O. The zero-order valence-electron chi connectivity index (χ0n) is 9.14. The topological polar surface area (TPSA) is 57.0 Å². The molecule has 0 saturated carbocycles. The van der Waals surface area contributed by atoms with Crippen molar-refractivity contribution in [2.45, 2.75) is 0 Å². The van der Waals surface area contributed by atoms with Crippen LogP contribution in [0.15, 0.2) is 35.0 Å². The van der Waals surface area contributed by atoms with E-state index in [1.54, 1.807) is 6.07 Å². The van der Waals surface area contributed by atoms with Crippen LogP contribution in [0.25, 0.3) is 22.2 Å². The van der Waals surface area contributed by atoms with Gasteiger partial charge >= 0.3 is 0 Å². The molecule has 0 spiro atoms. The number of rotatable bonds is 1. The van der Waals surface area contributed by atoms with Crippen molar-refractivity contribution in [3.8, 4) is 11.3 Å². The zero-order valence-corrected chi connectivity index (χ0v) is 9.90. The van der Waals surface area contributed by atoms with Gasteiger partial charge in [-0.05, 0) is 12.1 Å². The predicted octanol–water partition coefficient (Wildman–Crippen LogP) is 3.07. The lowest BCUT2D eigenvalue weighted by molar-refractivity contribution is 0.436. The number of hydrogen-bond donors (Lipinski definition) is 1. The lowest BCUT2D eigenvalue weighted by Gasteiger charge is -1.96. The lowest BCUT2D eigenvalue weighted by Crippen LogP contribution is -1.82. The fourth-order valence-corrected chi connectivity index (χ4v) is 2.14. The molecule has 2 N–H and O–H groups in total. The second kappa shape index (κ2) is 3.53. The second-order valence-corrected chi connectivity index (χ2v) is 4.37. The summed E-state index contributed by atoms with van der Waals surface area (Å²) in [6, 6.07) is 7.45. The normalized spacial score (nSPS) is 11.2. The van der Waals surface area contributed by atoms with Gasteiger partial charge in [-0.25, -0.2) is 0 Å². The number of nitrogens with zero attached hydrogens (tertiary/aromatic N) is 2. The van der Waals surface area contributed by atoms with E-state index >= 15 is 0 Å². The fourth-order valence-electron chi connectivity index (χ4n) is 1.97. The van der Waals surface area contributed by atoms with E-state index in [-0.39, 0.29) is 0 Å². The maximum atomic E-state index is 5.98. The summed E-state index contributed by atoms with van der Waals surface area (Å²) in [4.78, 5) is 0. The molecule has 3 rings (SSSR count). The van der Waals surface area contributed by atoms with E-state index in [1.165, 1.54) is 0 Å². The summed E-state index contributed by atoms with van der Waals surface area (Å²) in [7, 11) is 1.96. The molecule has 0 aliphatic rings. The number of aryl methyl sites for hydroxylation is 1. The summed E-state index contributed by atoms with van der Waals surface area (Å²) in [5, 5.41) is 5.47. The Morgan fingerprint density at radius 1 is 1.35 bits per heavy atom. The van der Waals surface area contributed by atoms with Gasteiger partial charge in [-0.2, -0.15) is 0 Å². The molecule has 0 amide bonds. The van der Waals surface area contributed by atoms with E-state index in [4.69, 9.17) is 21.9 Å². The average Bonchev–Trinajstić information content (AvgIpc) is 2.84. The van der Waals surface area contributed by atoms with Gasteiger partial charge in [0.05, 0.1) is 0 Å². The molecule has 0 aliphatic carbocycles. The molecule has 1 aromatic carbocycles. The van der Waals surface area contributed by atoms with Crippen LogP contribution in [0.5, 0.6) is 0 Å². The van der Waals surface area contributed by atoms with Crippen LogP contribution < -0.4 is 5.73 Å². The smallest absolute Gasteiger partial charge is 0.171 e. The minimum atomic E-state index is 0.381. The summed E-state index contributed by atoms with van der Waals surface area (Å²) in [6.07, 6.45) is 1.97. The third kappa shape index (κ3) is 1.57. The van der Waals surface area contributed by atoms with Crippen molar-refractivity contribution in [3.63, 3.8) is 0 Å². The van der Waals surface area contributed by atoms with E-state index in [2.05, 4.69) is 5.16 Å². The highest BCUT2D eigenvalue weighted by atomic mass is 35.5. The molecule has 0 fully saturated rings. The molecule has 5 heteroatoms. The van der Waals surface area contributed by atoms with E-state index in [0.29, 0.717) is 16.6 Å². The summed E-state index contributed by atoms with van der Waals surface area (Å²) < 4.78 is 7.18. The van der Waals surface area contributed by atoms with Crippen LogP contribution >= 0.6 is 11.6 Å². The molecule has 86 valence electrons. The Balaban J connectivity index is 2.31. The SMILES string of the molecule is Cn1cc(-c2cc(N)no2)c2ccc(Cl)cc21. The molecule has 0 unspecified atom stereocenters.